The molecule has 2 aliphatic carbocycles. The molecule has 0 unspecified atom stereocenters. The summed E-state index contributed by atoms with van der Waals surface area (Å²) in [5, 5.41) is 0. The third-order valence-corrected chi connectivity index (χ3v) is 6.01. The van der Waals surface area contributed by atoms with Gasteiger partial charge in [-0.25, -0.2) is 0 Å². The zero-order valence-corrected chi connectivity index (χ0v) is 12.4. The molecule has 2 nitrogen and oxygen atoms in total. The molecule has 1 aliphatic heterocycles. The van der Waals surface area contributed by atoms with E-state index in [1.54, 1.807) is 0 Å². The fourth-order valence-corrected chi connectivity index (χ4v) is 4.85. The molecule has 0 aromatic carbocycles. The average Bonchev–Trinajstić information content (AvgIpc) is 2.41. The van der Waals surface area contributed by atoms with Crippen LogP contribution < -0.4 is 0 Å². The number of carbonyl (C=O) groups is 1. The van der Waals surface area contributed by atoms with Crippen molar-refractivity contribution in [1.82, 2.24) is 0 Å². The van der Waals surface area contributed by atoms with Crippen molar-refractivity contribution in [2.75, 3.05) is 0 Å². The second-order valence-electron chi connectivity index (χ2n) is 6.97. The highest BCUT2D eigenvalue weighted by Gasteiger charge is 2.57. The molecule has 0 spiro atoms. The van der Waals surface area contributed by atoms with Gasteiger partial charge in [0.1, 0.15) is 6.10 Å². The highest BCUT2D eigenvalue weighted by Crippen LogP contribution is 2.56. The number of carbonyl (C=O) groups excluding carboxylic acids is 1. The van der Waals surface area contributed by atoms with E-state index in [9.17, 15) is 4.79 Å². The summed E-state index contributed by atoms with van der Waals surface area (Å²) >= 11 is 0. The van der Waals surface area contributed by atoms with Crippen molar-refractivity contribution in [2.45, 2.75) is 65.4 Å². The fourth-order valence-electron chi connectivity index (χ4n) is 4.85. The van der Waals surface area contributed by atoms with E-state index in [-0.39, 0.29) is 17.5 Å². The number of ether oxygens (including phenoxy) is 1. The van der Waals surface area contributed by atoms with Gasteiger partial charge in [0.05, 0.1) is 5.41 Å². The van der Waals surface area contributed by atoms with Crippen molar-refractivity contribution in [2.24, 2.45) is 23.2 Å². The second-order valence-corrected chi connectivity index (χ2v) is 6.97. The Hall–Kier alpha value is -0.790. The van der Waals surface area contributed by atoms with Gasteiger partial charge in [-0.1, -0.05) is 31.4 Å². The zero-order valence-electron chi connectivity index (χ0n) is 12.4. The third kappa shape index (κ3) is 1.86. The van der Waals surface area contributed by atoms with Gasteiger partial charge in [-0.3, -0.25) is 4.79 Å². The zero-order chi connectivity index (χ0) is 13.6. The SMILES string of the molecule is CC[C@H]1C[C@H]2C(C)=C[C@H]3CCCC[C@H]3[C@]2(C)C(=O)O1. The van der Waals surface area contributed by atoms with Gasteiger partial charge in [-0.15, -0.1) is 0 Å². The number of hydrogen-bond acceptors (Lipinski definition) is 2. The molecule has 106 valence electrons. The first-order valence-corrected chi connectivity index (χ1v) is 7.96. The van der Waals surface area contributed by atoms with Crippen LogP contribution in [0.25, 0.3) is 0 Å². The van der Waals surface area contributed by atoms with E-state index in [1.807, 2.05) is 0 Å². The molecule has 0 amide bonds. The summed E-state index contributed by atoms with van der Waals surface area (Å²) in [6.07, 6.45) is 9.65. The number of allylic oxidation sites excluding steroid dienone is 2. The second kappa shape index (κ2) is 4.64. The minimum Gasteiger partial charge on any atom is -0.462 e. The monoisotopic (exact) mass is 262 g/mol. The summed E-state index contributed by atoms with van der Waals surface area (Å²) in [7, 11) is 0. The lowest BCUT2D eigenvalue weighted by atomic mass is 9.53. The van der Waals surface area contributed by atoms with Crippen LogP contribution >= 0.6 is 0 Å². The Balaban J connectivity index is 2.00. The predicted octanol–water partition coefficient (Wildman–Crippen LogP) is 4.10. The Kier molecular flexibility index (Phi) is 3.23. The molecule has 3 aliphatic rings. The van der Waals surface area contributed by atoms with Crippen LogP contribution in [0.2, 0.25) is 0 Å². The van der Waals surface area contributed by atoms with E-state index in [4.69, 9.17) is 4.74 Å². The first-order valence-electron chi connectivity index (χ1n) is 7.96. The summed E-state index contributed by atoms with van der Waals surface area (Å²) in [6.45, 7) is 6.54. The largest absolute Gasteiger partial charge is 0.462 e. The van der Waals surface area contributed by atoms with Crippen molar-refractivity contribution in [3.8, 4) is 0 Å². The third-order valence-electron chi connectivity index (χ3n) is 6.01. The van der Waals surface area contributed by atoms with Gasteiger partial charge in [0.15, 0.2) is 0 Å². The van der Waals surface area contributed by atoms with Crippen LogP contribution in [-0.2, 0) is 9.53 Å². The van der Waals surface area contributed by atoms with Gasteiger partial charge < -0.3 is 4.74 Å². The molecule has 3 rings (SSSR count). The number of cyclic esters (lactones) is 1. The molecule has 19 heavy (non-hydrogen) atoms. The van der Waals surface area contributed by atoms with E-state index in [1.165, 1.54) is 31.3 Å². The molecule has 1 heterocycles. The summed E-state index contributed by atoms with van der Waals surface area (Å²) < 4.78 is 5.74. The molecule has 0 bridgehead atoms. The van der Waals surface area contributed by atoms with E-state index < -0.39 is 0 Å². The lowest BCUT2D eigenvalue weighted by Gasteiger charge is -2.53. The Bertz CT molecular complexity index is 411. The lowest BCUT2D eigenvalue weighted by Crippen LogP contribution is -2.54. The number of esters is 1. The van der Waals surface area contributed by atoms with E-state index in [0.717, 1.165) is 12.8 Å². The van der Waals surface area contributed by atoms with Crippen molar-refractivity contribution < 1.29 is 9.53 Å². The molecular formula is C17H26O2. The predicted molar refractivity (Wildman–Crippen MR) is 75.6 cm³/mol. The van der Waals surface area contributed by atoms with E-state index in [2.05, 4.69) is 26.8 Å². The maximum absolute atomic E-state index is 12.7. The number of hydrogen-bond donors (Lipinski definition) is 0. The van der Waals surface area contributed by atoms with Crippen LogP contribution in [0.5, 0.6) is 0 Å². The maximum Gasteiger partial charge on any atom is 0.312 e. The number of fused-ring (bicyclic) bond motifs is 3. The highest BCUT2D eigenvalue weighted by atomic mass is 16.5. The molecule has 0 N–H and O–H groups in total. The van der Waals surface area contributed by atoms with Crippen molar-refractivity contribution in [3.63, 3.8) is 0 Å². The molecule has 1 saturated carbocycles. The van der Waals surface area contributed by atoms with Crippen LogP contribution in [0.3, 0.4) is 0 Å². The van der Waals surface area contributed by atoms with Crippen LogP contribution in [0, 0.1) is 23.2 Å². The molecular weight excluding hydrogens is 236 g/mol. The van der Waals surface area contributed by atoms with E-state index >= 15 is 0 Å². The molecule has 0 aromatic heterocycles. The Labute approximate surface area is 116 Å². The van der Waals surface area contributed by atoms with Crippen molar-refractivity contribution in [1.29, 1.82) is 0 Å². The Morgan fingerprint density at radius 1 is 1.37 bits per heavy atom. The average molecular weight is 262 g/mol. The molecule has 5 atom stereocenters. The van der Waals surface area contributed by atoms with Crippen LogP contribution in [0.4, 0.5) is 0 Å². The van der Waals surface area contributed by atoms with Crippen LogP contribution in [0.15, 0.2) is 11.6 Å². The lowest BCUT2D eigenvalue weighted by molar-refractivity contribution is -0.184. The fraction of sp³-hybridized carbons (Fsp3) is 0.824. The van der Waals surface area contributed by atoms with Gasteiger partial charge in [0.25, 0.3) is 0 Å². The summed E-state index contributed by atoms with van der Waals surface area (Å²) in [5.74, 6) is 1.62. The van der Waals surface area contributed by atoms with Crippen LogP contribution in [-0.4, -0.2) is 12.1 Å². The smallest absolute Gasteiger partial charge is 0.312 e. The van der Waals surface area contributed by atoms with Gasteiger partial charge in [0.2, 0.25) is 0 Å². The minimum absolute atomic E-state index is 0.0833. The molecule has 1 saturated heterocycles. The summed E-state index contributed by atoms with van der Waals surface area (Å²) in [4.78, 5) is 12.7. The normalized spacial score (nSPS) is 45.8. The molecule has 2 heteroatoms. The summed E-state index contributed by atoms with van der Waals surface area (Å²) in [5.41, 5.74) is 1.19. The maximum atomic E-state index is 12.7. The topological polar surface area (TPSA) is 26.3 Å². The van der Waals surface area contributed by atoms with Crippen LogP contribution in [0.1, 0.15) is 59.3 Å². The molecule has 2 fully saturated rings. The molecule has 0 radical (unpaired) electrons. The Morgan fingerprint density at radius 2 is 2.11 bits per heavy atom. The Morgan fingerprint density at radius 3 is 2.84 bits per heavy atom. The van der Waals surface area contributed by atoms with Gasteiger partial charge >= 0.3 is 5.97 Å². The standard InChI is InChI=1S/C17H26O2/c1-4-13-10-15-11(2)9-12-7-5-6-8-14(12)17(15,3)16(18)19-13/h9,12-15H,4-8,10H2,1-3H3/t12-,13+,14-,15+,17+/m1/s1. The number of rotatable bonds is 1. The first kappa shape index (κ1) is 13.2. The van der Waals surface area contributed by atoms with Gasteiger partial charge in [-0.2, -0.15) is 0 Å². The van der Waals surface area contributed by atoms with E-state index in [0.29, 0.717) is 17.8 Å². The van der Waals surface area contributed by atoms with Crippen molar-refractivity contribution in [3.05, 3.63) is 11.6 Å². The van der Waals surface area contributed by atoms with Crippen molar-refractivity contribution >= 4 is 5.97 Å². The minimum atomic E-state index is -0.254. The van der Waals surface area contributed by atoms with Gasteiger partial charge in [-0.05, 0) is 57.3 Å². The highest BCUT2D eigenvalue weighted by molar-refractivity contribution is 5.79. The van der Waals surface area contributed by atoms with Gasteiger partial charge in [0, 0.05) is 0 Å². The first-order chi connectivity index (χ1) is 9.07. The molecule has 0 aromatic rings. The quantitative estimate of drug-likeness (QED) is 0.525. The summed E-state index contributed by atoms with van der Waals surface area (Å²) in [6, 6.07) is 0.